The van der Waals surface area contributed by atoms with Crippen LogP contribution in [0.15, 0.2) is 18.7 Å². The van der Waals surface area contributed by atoms with Gasteiger partial charge in [0.1, 0.15) is 5.82 Å². The van der Waals surface area contributed by atoms with E-state index in [0.717, 1.165) is 37.7 Å². The molecule has 0 bridgehead atoms. The Morgan fingerprint density at radius 2 is 2.10 bits per heavy atom. The first-order valence-electron chi connectivity index (χ1n) is 6.81. The average molecular weight is 275 g/mol. The molecule has 0 radical (unpaired) electrons. The second kappa shape index (κ2) is 6.36. The van der Waals surface area contributed by atoms with Crippen LogP contribution in [0.2, 0.25) is 0 Å². The molecule has 0 atom stereocenters. The summed E-state index contributed by atoms with van der Waals surface area (Å²) in [5.74, 6) is 1.66. The van der Waals surface area contributed by atoms with Crippen molar-refractivity contribution < 1.29 is 4.79 Å². The van der Waals surface area contributed by atoms with Crippen LogP contribution >= 0.6 is 0 Å². The lowest BCUT2D eigenvalue weighted by molar-refractivity contribution is -0.129. The first kappa shape index (κ1) is 14.3. The maximum absolute atomic E-state index is 11.3. The number of aryl methyl sites for hydroxylation is 1. The maximum atomic E-state index is 11.3. The largest absolute Gasteiger partial charge is 0.353 e. The highest BCUT2D eigenvalue weighted by atomic mass is 16.2. The third kappa shape index (κ3) is 3.46. The van der Waals surface area contributed by atoms with Gasteiger partial charge in [-0.05, 0) is 6.92 Å². The number of amides is 1. The fourth-order valence-corrected chi connectivity index (χ4v) is 2.21. The van der Waals surface area contributed by atoms with Crippen LogP contribution in [0, 0.1) is 6.92 Å². The fraction of sp³-hybridized carbons (Fsp3) is 0.500. The van der Waals surface area contributed by atoms with Crippen LogP contribution in [0.1, 0.15) is 12.6 Å². The monoisotopic (exact) mass is 275 g/mol. The number of aromatic nitrogens is 2. The quantitative estimate of drug-likeness (QED) is 0.832. The van der Waals surface area contributed by atoms with Crippen molar-refractivity contribution in [2.24, 2.45) is 0 Å². The third-order valence-corrected chi connectivity index (χ3v) is 3.29. The van der Waals surface area contributed by atoms with E-state index in [2.05, 4.69) is 26.8 Å². The van der Waals surface area contributed by atoms with Gasteiger partial charge in [-0.3, -0.25) is 4.79 Å². The smallest absolute Gasteiger partial charge is 0.225 e. The number of carbonyl (C=O) groups is 1. The number of hydrogen-bond donors (Lipinski definition) is 1. The Labute approximate surface area is 119 Å². The number of piperazine rings is 1. The molecule has 1 aromatic rings. The van der Waals surface area contributed by atoms with Crippen LogP contribution in [-0.4, -0.2) is 53.5 Å². The summed E-state index contributed by atoms with van der Waals surface area (Å²) in [6, 6.07) is 1.97. The summed E-state index contributed by atoms with van der Waals surface area (Å²) in [4.78, 5) is 24.2. The summed E-state index contributed by atoms with van der Waals surface area (Å²) in [5.41, 5.74) is 0.926. The zero-order valence-electron chi connectivity index (χ0n) is 12.1. The minimum atomic E-state index is 0.136. The highest BCUT2D eigenvalue weighted by molar-refractivity contribution is 5.73. The molecule has 1 N–H and O–H groups in total. The molecule has 108 valence electrons. The van der Waals surface area contributed by atoms with Gasteiger partial charge in [0.15, 0.2) is 0 Å². The summed E-state index contributed by atoms with van der Waals surface area (Å²) in [6.07, 6.45) is 1.77. The first-order valence-corrected chi connectivity index (χ1v) is 6.81. The summed E-state index contributed by atoms with van der Waals surface area (Å²) < 4.78 is 0. The lowest BCUT2D eigenvalue weighted by Crippen LogP contribution is -2.48. The number of nitrogens with one attached hydrogen (secondary N) is 1. The second-order valence-electron chi connectivity index (χ2n) is 4.85. The van der Waals surface area contributed by atoms with Gasteiger partial charge in [-0.1, -0.05) is 6.08 Å². The lowest BCUT2D eigenvalue weighted by atomic mass is 10.3. The Hall–Kier alpha value is -2.11. The van der Waals surface area contributed by atoms with E-state index in [4.69, 9.17) is 0 Å². The maximum Gasteiger partial charge on any atom is 0.225 e. The van der Waals surface area contributed by atoms with Crippen LogP contribution in [0.4, 0.5) is 11.8 Å². The van der Waals surface area contributed by atoms with Crippen molar-refractivity contribution >= 4 is 17.7 Å². The van der Waals surface area contributed by atoms with E-state index >= 15 is 0 Å². The Bertz CT molecular complexity index is 494. The molecule has 6 nitrogen and oxygen atoms in total. The van der Waals surface area contributed by atoms with Crippen LogP contribution < -0.4 is 10.2 Å². The molecular weight excluding hydrogens is 254 g/mol. The predicted octanol–water partition coefficient (Wildman–Crippen LogP) is 1.05. The van der Waals surface area contributed by atoms with Crippen molar-refractivity contribution in [3.63, 3.8) is 0 Å². The van der Waals surface area contributed by atoms with E-state index in [-0.39, 0.29) is 5.91 Å². The Morgan fingerprint density at radius 3 is 2.70 bits per heavy atom. The number of anilines is 2. The van der Waals surface area contributed by atoms with E-state index in [0.29, 0.717) is 12.5 Å². The van der Waals surface area contributed by atoms with Gasteiger partial charge in [-0.25, -0.2) is 4.98 Å². The van der Waals surface area contributed by atoms with E-state index in [1.807, 2.05) is 17.9 Å². The van der Waals surface area contributed by atoms with Gasteiger partial charge in [-0.2, -0.15) is 4.98 Å². The highest BCUT2D eigenvalue weighted by Gasteiger charge is 2.20. The van der Waals surface area contributed by atoms with Gasteiger partial charge in [0, 0.05) is 51.4 Å². The van der Waals surface area contributed by atoms with Gasteiger partial charge < -0.3 is 15.1 Å². The molecule has 1 aliphatic rings. The van der Waals surface area contributed by atoms with Crippen molar-refractivity contribution in [1.82, 2.24) is 14.9 Å². The van der Waals surface area contributed by atoms with Crippen molar-refractivity contribution in [2.45, 2.75) is 13.8 Å². The Balaban J connectivity index is 2.07. The summed E-state index contributed by atoms with van der Waals surface area (Å²) in [5, 5.41) is 3.11. The molecule has 0 saturated carbocycles. The third-order valence-electron chi connectivity index (χ3n) is 3.29. The predicted molar refractivity (Wildman–Crippen MR) is 79.9 cm³/mol. The first-order chi connectivity index (χ1) is 9.60. The number of rotatable bonds is 4. The molecule has 1 saturated heterocycles. The van der Waals surface area contributed by atoms with Crippen LogP contribution in [-0.2, 0) is 4.79 Å². The Kier molecular flexibility index (Phi) is 4.55. The summed E-state index contributed by atoms with van der Waals surface area (Å²) in [6.45, 7) is 11.0. The van der Waals surface area contributed by atoms with Crippen molar-refractivity contribution in [3.05, 3.63) is 24.4 Å². The molecule has 0 aliphatic carbocycles. The van der Waals surface area contributed by atoms with Gasteiger partial charge in [0.2, 0.25) is 11.9 Å². The molecule has 2 rings (SSSR count). The van der Waals surface area contributed by atoms with Gasteiger partial charge >= 0.3 is 0 Å². The van der Waals surface area contributed by atoms with E-state index in [1.54, 1.807) is 13.0 Å². The molecule has 1 aromatic heterocycles. The van der Waals surface area contributed by atoms with Crippen LogP contribution in [0.5, 0.6) is 0 Å². The van der Waals surface area contributed by atoms with E-state index in [1.165, 1.54) is 0 Å². The second-order valence-corrected chi connectivity index (χ2v) is 4.85. The molecule has 0 aromatic carbocycles. The van der Waals surface area contributed by atoms with Crippen LogP contribution in [0.25, 0.3) is 0 Å². The molecular formula is C14H21N5O. The highest BCUT2D eigenvalue weighted by Crippen LogP contribution is 2.16. The van der Waals surface area contributed by atoms with Crippen LogP contribution in [0.3, 0.4) is 0 Å². The SMILES string of the molecule is C=CCNc1nc(C)cc(N2CCN(C(C)=O)CC2)n1. The minimum Gasteiger partial charge on any atom is -0.353 e. The molecule has 0 unspecified atom stereocenters. The molecule has 20 heavy (non-hydrogen) atoms. The number of hydrogen-bond acceptors (Lipinski definition) is 5. The zero-order chi connectivity index (χ0) is 14.5. The molecule has 1 fully saturated rings. The standard InChI is InChI=1S/C14H21N5O/c1-4-5-15-14-16-11(2)10-13(17-14)19-8-6-18(7-9-19)12(3)20/h4,10H,1,5-9H2,2-3H3,(H,15,16,17). The van der Waals surface area contributed by atoms with E-state index < -0.39 is 0 Å². The summed E-state index contributed by atoms with van der Waals surface area (Å²) >= 11 is 0. The summed E-state index contributed by atoms with van der Waals surface area (Å²) in [7, 11) is 0. The number of carbonyl (C=O) groups excluding carboxylic acids is 1. The topological polar surface area (TPSA) is 61.4 Å². The Morgan fingerprint density at radius 1 is 1.40 bits per heavy atom. The van der Waals surface area contributed by atoms with Crippen molar-refractivity contribution in [3.8, 4) is 0 Å². The molecule has 2 heterocycles. The lowest BCUT2D eigenvalue weighted by Gasteiger charge is -2.35. The average Bonchev–Trinajstić information content (AvgIpc) is 2.44. The normalized spacial score (nSPS) is 15.1. The van der Waals surface area contributed by atoms with Crippen molar-refractivity contribution in [2.75, 3.05) is 42.9 Å². The molecule has 1 aliphatic heterocycles. The van der Waals surface area contributed by atoms with E-state index in [9.17, 15) is 4.79 Å². The molecule has 1 amide bonds. The fourth-order valence-electron chi connectivity index (χ4n) is 2.21. The van der Waals surface area contributed by atoms with Crippen molar-refractivity contribution in [1.29, 1.82) is 0 Å². The minimum absolute atomic E-state index is 0.136. The molecule has 0 spiro atoms. The zero-order valence-corrected chi connectivity index (χ0v) is 12.1. The molecule has 6 heteroatoms. The van der Waals surface area contributed by atoms with Gasteiger partial charge in [-0.15, -0.1) is 6.58 Å². The van der Waals surface area contributed by atoms with Gasteiger partial charge in [0.05, 0.1) is 0 Å². The number of nitrogens with zero attached hydrogens (tertiary/aromatic N) is 4. The van der Waals surface area contributed by atoms with Gasteiger partial charge in [0.25, 0.3) is 0 Å².